The molecule has 0 saturated carbocycles. The molecule has 2 heteroatoms. The van der Waals surface area contributed by atoms with Crippen molar-refractivity contribution < 1.29 is 9.84 Å². The predicted molar refractivity (Wildman–Crippen MR) is 65.4 cm³/mol. The first-order chi connectivity index (χ1) is 7.53. The van der Waals surface area contributed by atoms with E-state index in [1.807, 2.05) is 24.3 Å². The molecule has 0 fully saturated rings. The van der Waals surface area contributed by atoms with Crippen LogP contribution in [0.1, 0.15) is 25.8 Å². The van der Waals surface area contributed by atoms with Crippen molar-refractivity contribution in [2.75, 3.05) is 7.11 Å². The molecule has 1 aromatic rings. The lowest BCUT2D eigenvalue weighted by molar-refractivity contribution is 0.0976. The molecule has 0 saturated heterocycles. The maximum atomic E-state index is 9.91. The first kappa shape index (κ1) is 11.2. The summed E-state index contributed by atoms with van der Waals surface area (Å²) in [5.74, 6) is 0.863. The standard InChI is InChI=1S/C14H18O2/c1-14(2)9-11(8-13(14)15)10-4-6-12(16-3)7-5-10/h4-7,9,13,15H,8H2,1-3H3. The quantitative estimate of drug-likeness (QED) is 0.827. The molecule has 1 aliphatic rings. The average molecular weight is 218 g/mol. The Hall–Kier alpha value is -1.28. The van der Waals surface area contributed by atoms with Gasteiger partial charge in [0.05, 0.1) is 13.2 Å². The van der Waals surface area contributed by atoms with Crippen molar-refractivity contribution in [2.24, 2.45) is 5.41 Å². The highest BCUT2D eigenvalue weighted by atomic mass is 16.5. The van der Waals surface area contributed by atoms with Crippen LogP contribution in [0.25, 0.3) is 5.57 Å². The second kappa shape index (κ2) is 3.95. The van der Waals surface area contributed by atoms with Crippen molar-refractivity contribution in [1.29, 1.82) is 0 Å². The molecule has 1 aliphatic carbocycles. The van der Waals surface area contributed by atoms with Gasteiger partial charge in [0.2, 0.25) is 0 Å². The summed E-state index contributed by atoms with van der Waals surface area (Å²) in [6.45, 7) is 4.13. The van der Waals surface area contributed by atoms with Crippen LogP contribution in [0.4, 0.5) is 0 Å². The van der Waals surface area contributed by atoms with Gasteiger partial charge in [-0.2, -0.15) is 0 Å². The molecule has 0 amide bonds. The van der Waals surface area contributed by atoms with Crippen LogP contribution < -0.4 is 4.74 Å². The summed E-state index contributed by atoms with van der Waals surface area (Å²) in [4.78, 5) is 0. The molecule has 1 atom stereocenters. The third-order valence-electron chi connectivity index (χ3n) is 3.28. The van der Waals surface area contributed by atoms with Crippen molar-refractivity contribution in [3.8, 4) is 5.75 Å². The van der Waals surface area contributed by atoms with Gasteiger partial charge < -0.3 is 9.84 Å². The van der Waals surface area contributed by atoms with Crippen molar-refractivity contribution in [3.63, 3.8) is 0 Å². The lowest BCUT2D eigenvalue weighted by atomic mass is 9.91. The van der Waals surface area contributed by atoms with E-state index in [-0.39, 0.29) is 11.5 Å². The molecule has 0 bridgehead atoms. The normalized spacial score (nSPS) is 23.0. The third kappa shape index (κ3) is 1.98. The van der Waals surface area contributed by atoms with E-state index in [0.29, 0.717) is 0 Å². The monoisotopic (exact) mass is 218 g/mol. The number of methoxy groups -OCH3 is 1. The number of benzene rings is 1. The smallest absolute Gasteiger partial charge is 0.118 e. The van der Waals surface area contributed by atoms with E-state index in [4.69, 9.17) is 4.74 Å². The van der Waals surface area contributed by atoms with Gasteiger partial charge in [0.15, 0.2) is 0 Å². The number of aliphatic hydroxyl groups excluding tert-OH is 1. The van der Waals surface area contributed by atoms with E-state index < -0.39 is 0 Å². The van der Waals surface area contributed by atoms with Gasteiger partial charge in [-0.15, -0.1) is 0 Å². The van der Waals surface area contributed by atoms with Gasteiger partial charge in [-0.1, -0.05) is 32.1 Å². The van der Waals surface area contributed by atoms with Crippen LogP contribution in [0, 0.1) is 5.41 Å². The Morgan fingerprint density at radius 2 is 1.88 bits per heavy atom. The molecule has 0 spiro atoms. The summed E-state index contributed by atoms with van der Waals surface area (Å²) in [6.07, 6.45) is 2.63. The second-order valence-corrected chi connectivity index (χ2v) is 4.94. The molecule has 2 nitrogen and oxygen atoms in total. The largest absolute Gasteiger partial charge is 0.497 e. The number of ether oxygens (including phenoxy) is 1. The van der Waals surface area contributed by atoms with E-state index in [1.54, 1.807) is 7.11 Å². The predicted octanol–water partition coefficient (Wildman–Crippen LogP) is 2.87. The van der Waals surface area contributed by atoms with Crippen molar-refractivity contribution in [1.82, 2.24) is 0 Å². The lowest BCUT2D eigenvalue weighted by Gasteiger charge is -2.19. The lowest BCUT2D eigenvalue weighted by Crippen LogP contribution is -2.21. The van der Waals surface area contributed by atoms with E-state index in [1.165, 1.54) is 11.1 Å². The molecule has 86 valence electrons. The highest BCUT2D eigenvalue weighted by molar-refractivity contribution is 5.69. The first-order valence-electron chi connectivity index (χ1n) is 5.57. The fourth-order valence-electron chi connectivity index (χ4n) is 2.08. The summed E-state index contributed by atoms with van der Waals surface area (Å²) in [5, 5.41) is 9.91. The molecular weight excluding hydrogens is 200 g/mol. The van der Waals surface area contributed by atoms with E-state index in [2.05, 4.69) is 19.9 Å². The molecule has 1 unspecified atom stereocenters. The van der Waals surface area contributed by atoms with Crippen LogP contribution in [-0.2, 0) is 0 Å². The van der Waals surface area contributed by atoms with Crippen LogP contribution >= 0.6 is 0 Å². The Balaban J connectivity index is 2.26. The van der Waals surface area contributed by atoms with E-state index in [0.717, 1.165) is 12.2 Å². The molecular formula is C14H18O2. The fraction of sp³-hybridized carbons (Fsp3) is 0.429. The number of aliphatic hydroxyl groups is 1. The molecule has 16 heavy (non-hydrogen) atoms. The van der Waals surface area contributed by atoms with E-state index in [9.17, 15) is 5.11 Å². The van der Waals surface area contributed by atoms with Gasteiger partial charge in [0, 0.05) is 5.41 Å². The highest BCUT2D eigenvalue weighted by Gasteiger charge is 2.32. The van der Waals surface area contributed by atoms with Crippen LogP contribution in [-0.4, -0.2) is 18.3 Å². The molecule has 1 N–H and O–H groups in total. The van der Waals surface area contributed by atoms with Gasteiger partial charge in [0.1, 0.15) is 5.75 Å². The Morgan fingerprint density at radius 1 is 1.25 bits per heavy atom. The van der Waals surface area contributed by atoms with Crippen LogP contribution in [0.5, 0.6) is 5.75 Å². The topological polar surface area (TPSA) is 29.5 Å². The molecule has 2 rings (SSSR count). The first-order valence-corrected chi connectivity index (χ1v) is 5.57. The Morgan fingerprint density at radius 3 is 2.31 bits per heavy atom. The van der Waals surface area contributed by atoms with Gasteiger partial charge in [-0.05, 0) is 29.7 Å². The zero-order valence-electron chi connectivity index (χ0n) is 10.0. The Labute approximate surface area is 96.6 Å². The highest BCUT2D eigenvalue weighted by Crippen LogP contribution is 2.40. The summed E-state index contributed by atoms with van der Waals surface area (Å²) in [5.41, 5.74) is 2.28. The van der Waals surface area contributed by atoms with Gasteiger partial charge in [-0.25, -0.2) is 0 Å². The van der Waals surface area contributed by atoms with Gasteiger partial charge in [0.25, 0.3) is 0 Å². The minimum absolute atomic E-state index is 0.116. The SMILES string of the molecule is COc1ccc(C2=CC(C)(C)C(O)C2)cc1. The van der Waals surface area contributed by atoms with Crippen LogP contribution in [0.3, 0.4) is 0 Å². The fourth-order valence-corrected chi connectivity index (χ4v) is 2.08. The maximum Gasteiger partial charge on any atom is 0.118 e. The molecule has 0 aromatic heterocycles. The summed E-state index contributed by atoms with van der Waals surface area (Å²) >= 11 is 0. The maximum absolute atomic E-state index is 9.91. The minimum Gasteiger partial charge on any atom is -0.497 e. The number of hydrogen-bond acceptors (Lipinski definition) is 2. The van der Waals surface area contributed by atoms with Crippen molar-refractivity contribution in [2.45, 2.75) is 26.4 Å². The summed E-state index contributed by atoms with van der Waals surface area (Å²) in [6, 6.07) is 7.99. The molecule has 0 aliphatic heterocycles. The molecule has 0 radical (unpaired) electrons. The second-order valence-electron chi connectivity index (χ2n) is 4.94. The number of hydrogen-bond donors (Lipinski definition) is 1. The Bertz CT molecular complexity index is 401. The summed E-state index contributed by atoms with van der Waals surface area (Å²) < 4.78 is 5.13. The van der Waals surface area contributed by atoms with Crippen LogP contribution in [0.15, 0.2) is 30.3 Å². The molecule has 0 heterocycles. The van der Waals surface area contributed by atoms with Crippen molar-refractivity contribution >= 4 is 5.57 Å². The third-order valence-corrected chi connectivity index (χ3v) is 3.28. The average Bonchev–Trinajstić information content (AvgIpc) is 2.54. The van der Waals surface area contributed by atoms with E-state index >= 15 is 0 Å². The van der Waals surface area contributed by atoms with Crippen LogP contribution in [0.2, 0.25) is 0 Å². The Kier molecular flexibility index (Phi) is 2.76. The van der Waals surface area contributed by atoms with Gasteiger partial charge >= 0.3 is 0 Å². The summed E-state index contributed by atoms with van der Waals surface area (Å²) in [7, 11) is 1.66. The zero-order chi connectivity index (χ0) is 11.8. The molecule has 1 aromatic carbocycles. The zero-order valence-corrected chi connectivity index (χ0v) is 10.0. The van der Waals surface area contributed by atoms with Crippen molar-refractivity contribution in [3.05, 3.63) is 35.9 Å². The minimum atomic E-state index is -0.274. The number of rotatable bonds is 2. The van der Waals surface area contributed by atoms with Gasteiger partial charge in [-0.3, -0.25) is 0 Å².